The summed E-state index contributed by atoms with van der Waals surface area (Å²) >= 11 is 0. The zero-order chi connectivity index (χ0) is 17.5. The van der Waals surface area contributed by atoms with Gasteiger partial charge in [-0.05, 0) is 45.0 Å². The lowest BCUT2D eigenvalue weighted by Gasteiger charge is -2.04. The Morgan fingerprint density at radius 2 is 1.71 bits per heavy atom. The summed E-state index contributed by atoms with van der Waals surface area (Å²) in [5.41, 5.74) is 2.40. The molecule has 0 N–H and O–H groups in total. The monoisotopic (exact) mass is 347 g/mol. The molecule has 126 valence electrons. The molecule has 0 saturated heterocycles. The van der Waals surface area contributed by atoms with Gasteiger partial charge in [0.2, 0.25) is 11.7 Å². The Morgan fingerprint density at radius 3 is 2.25 bits per heavy atom. The van der Waals surface area contributed by atoms with Gasteiger partial charge in [-0.1, -0.05) is 10.3 Å². The molecular weight excluding hydrogens is 330 g/mol. The average Bonchev–Trinajstić information content (AvgIpc) is 3.13. The van der Waals surface area contributed by atoms with Crippen LogP contribution in [-0.4, -0.2) is 30.0 Å². The molecule has 1 atom stereocenters. The molecule has 7 nitrogen and oxygen atoms in total. The third-order valence-corrected chi connectivity index (χ3v) is 5.00. The minimum Gasteiger partial charge on any atom is -0.361 e. The van der Waals surface area contributed by atoms with Crippen LogP contribution in [0, 0.1) is 13.8 Å². The first-order valence-corrected chi connectivity index (χ1v) is 9.23. The van der Waals surface area contributed by atoms with E-state index >= 15 is 0 Å². The fourth-order valence-electron chi connectivity index (χ4n) is 2.61. The second kappa shape index (κ2) is 5.86. The molecule has 0 fully saturated rings. The zero-order valence-electron chi connectivity index (χ0n) is 13.8. The number of benzene rings is 1. The lowest BCUT2D eigenvalue weighted by atomic mass is 9.99. The Hall–Kier alpha value is -2.48. The van der Waals surface area contributed by atoms with Gasteiger partial charge in [0.1, 0.15) is 5.76 Å². The summed E-state index contributed by atoms with van der Waals surface area (Å²) in [6.07, 6.45) is 1.17. The minimum absolute atomic E-state index is 0.146. The Bertz CT molecular complexity index is 952. The van der Waals surface area contributed by atoms with Crippen molar-refractivity contribution in [1.29, 1.82) is 0 Å². The van der Waals surface area contributed by atoms with E-state index in [4.69, 9.17) is 9.05 Å². The van der Waals surface area contributed by atoms with Crippen LogP contribution >= 0.6 is 0 Å². The van der Waals surface area contributed by atoms with Crippen LogP contribution in [0.4, 0.5) is 0 Å². The number of hydrogen-bond acceptors (Lipinski definition) is 7. The van der Waals surface area contributed by atoms with Crippen molar-refractivity contribution in [2.45, 2.75) is 31.6 Å². The summed E-state index contributed by atoms with van der Waals surface area (Å²) < 4.78 is 33.6. The quantitative estimate of drug-likeness (QED) is 0.715. The fourth-order valence-corrected chi connectivity index (χ4v) is 3.24. The van der Waals surface area contributed by atoms with E-state index in [1.54, 1.807) is 12.1 Å². The highest BCUT2D eigenvalue weighted by atomic mass is 32.2. The second-order valence-corrected chi connectivity index (χ2v) is 7.73. The average molecular weight is 347 g/mol. The molecule has 3 rings (SSSR count). The van der Waals surface area contributed by atoms with Crippen molar-refractivity contribution in [3.63, 3.8) is 0 Å². The molecular formula is C16H17N3O4S. The van der Waals surface area contributed by atoms with Gasteiger partial charge in [-0.25, -0.2) is 8.42 Å². The number of aryl methyl sites for hydroxylation is 2. The summed E-state index contributed by atoms with van der Waals surface area (Å²) in [6.45, 7) is 5.65. The maximum absolute atomic E-state index is 11.5. The maximum atomic E-state index is 11.5. The van der Waals surface area contributed by atoms with Crippen LogP contribution in [0.15, 0.2) is 38.2 Å². The van der Waals surface area contributed by atoms with Crippen LogP contribution in [0.5, 0.6) is 0 Å². The predicted molar refractivity (Wildman–Crippen MR) is 86.3 cm³/mol. The Morgan fingerprint density at radius 1 is 1.04 bits per heavy atom. The molecule has 8 heteroatoms. The molecule has 0 radical (unpaired) electrons. The largest absolute Gasteiger partial charge is 0.361 e. The van der Waals surface area contributed by atoms with Crippen molar-refractivity contribution >= 4 is 9.84 Å². The normalized spacial score (nSPS) is 13.2. The minimum atomic E-state index is -3.23. The zero-order valence-corrected chi connectivity index (χ0v) is 14.6. The van der Waals surface area contributed by atoms with Crippen LogP contribution in [0.3, 0.4) is 0 Å². The standard InChI is InChI=1S/C16H17N3O4S/c1-9(14-10(2)18-22-11(14)3)16-17-15(19-23-16)12-5-7-13(8-6-12)24(4,20)21/h5-9H,1-4H3/t9-/m1/s1. The molecule has 2 heterocycles. The predicted octanol–water partition coefficient (Wildman–Crippen LogP) is 2.90. The number of aromatic nitrogens is 3. The van der Waals surface area contributed by atoms with Crippen molar-refractivity contribution in [3.8, 4) is 11.4 Å². The highest BCUT2D eigenvalue weighted by Gasteiger charge is 2.23. The highest BCUT2D eigenvalue weighted by Crippen LogP contribution is 2.29. The molecule has 0 bridgehead atoms. The Labute approximate surface area is 139 Å². The molecule has 1 aromatic carbocycles. The van der Waals surface area contributed by atoms with Gasteiger partial charge in [0.15, 0.2) is 9.84 Å². The van der Waals surface area contributed by atoms with E-state index in [1.165, 1.54) is 18.4 Å². The molecule has 0 amide bonds. The summed E-state index contributed by atoms with van der Waals surface area (Å²) in [5, 5.41) is 7.92. The van der Waals surface area contributed by atoms with Crippen LogP contribution in [0.1, 0.15) is 35.7 Å². The first-order chi connectivity index (χ1) is 11.3. The van der Waals surface area contributed by atoms with Gasteiger partial charge in [0.25, 0.3) is 0 Å². The summed E-state index contributed by atoms with van der Waals surface area (Å²) in [5.74, 6) is 1.43. The molecule has 0 aliphatic carbocycles. The summed E-state index contributed by atoms with van der Waals surface area (Å²) in [4.78, 5) is 4.66. The van der Waals surface area contributed by atoms with Crippen LogP contribution < -0.4 is 0 Å². The van der Waals surface area contributed by atoms with Crippen LogP contribution in [-0.2, 0) is 9.84 Å². The van der Waals surface area contributed by atoms with Crippen molar-refractivity contribution in [2.24, 2.45) is 0 Å². The van der Waals surface area contributed by atoms with Crippen molar-refractivity contribution in [3.05, 3.63) is 47.2 Å². The number of hydrogen-bond donors (Lipinski definition) is 0. The molecule has 0 aliphatic rings. The van der Waals surface area contributed by atoms with Gasteiger partial charge < -0.3 is 9.05 Å². The van der Waals surface area contributed by atoms with Crippen molar-refractivity contribution < 1.29 is 17.5 Å². The molecule has 0 spiro atoms. The molecule has 24 heavy (non-hydrogen) atoms. The number of rotatable bonds is 4. The van der Waals surface area contributed by atoms with Gasteiger partial charge in [-0.3, -0.25) is 0 Å². The van der Waals surface area contributed by atoms with E-state index in [2.05, 4.69) is 15.3 Å². The SMILES string of the molecule is Cc1noc(C)c1[C@@H](C)c1nc(-c2ccc(S(C)(=O)=O)cc2)no1. The number of sulfone groups is 1. The molecule has 2 aromatic heterocycles. The third kappa shape index (κ3) is 2.96. The van der Waals surface area contributed by atoms with Gasteiger partial charge in [-0.15, -0.1) is 0 Å². The van der Waals surface area contributed by atoms with Crippen molar-refractivity contribution in [1.82, 2.24) is 15.3 Å². The van der Waals surface area contributed by atoms with E-state index in [-0.39, 0.29) is 10.8 Å². The molecule has 0 saturated carbocycles. The topological polar surface area (TPSA) is 99.1 Å². The second-order valence-electron chi connectivity index (χ2n) is 5.71. The lowest BCUT2D eigenvalue weighted by Crippen LogP contribution is -1.99. The lowest BCUT2D eigenvalue weighted by molar-refractivity contribution is 0.367. The van der Waals surface area contributed by atoms with Gasteiger partial charge >= 0.3 is 0 Å². The first kappa shape index (κ1) is 16.4. The summed E-state index contributed by atoms with van der Waals surface area (Å²) in [7, 11) is -3.23. The summed E-state index contributed by atoms with van der Waals surface area (Å²) in [6, 6.07) is 6.37. The first-order valence-electron chi connectivity index (χ1n) is 7.34. The Balaban J connectivity index is 1.91. The van der Waals surface area contributed by atoms with E-state index < -0.39 is 9.84 Å². The van der Waals surface area contributed by atoms with E-state index in [1.807, 2.05) is 20.8 Å². The van der Waals surface area contributed by atoms with Crippen LogP contribution in [0.25, 0.3) is 11.4 Å². The third-order valence-electron chi connectivity index (χ3n) is 3.87. The molecule has 0 aliphatic heterocycles. The van der Waals surface area contributed by atoms with Crippen molar-refractivity contribution in [2.75, 3.05) is 6.26 Å². The van der Waals surface area contributed by atoms with E-state index in [9.17, 15) is 8.42 Å². The molecule has 3 aromatic rings. The van der Waals surface area contributed by atoms with Gasteiger partial charge in [-0.2, -0.15) is 4.98 Å². The molecule has 0 unspecified atom stereocenters. The fraction of sp³-hybridized carbons (Fsp3) is 0.312. The van der Waals surface area contributed by atoms with E-state index in [0.717, 1.165) is 17.0 Å². The van der Waals surface area contributed by atoms with Gasteiger partial charge in [0, 0.05) is 17.4 Å². The van der Waals surface area contributed by atoms with Gasteiger partial charge in [0.05, 0.1) is 16.5 Å². The van der Waals surface area contributed by atoms with E-state index in [0.29, 0.717) is 17.3 Å². The smallest absolute Gasteiger partial charge is 0.234 e. The maximum Gasteiger partial charge on any atom is 0.234 e. The highest BCUT2D eigenvalue weighted by molar-refractivity contribution is 7.90. The van der Waals surface area contributed by atoms with Crippen LogP contribution in [0.2, 0.25) is 0 Å². The Kier molecular flexibility index (Phi) is 4.00. The number of nitrogens with zero attached hydrogens (tertiary/aromatic N) is 3.